The molecule has 2 aromatic rings. The Labute approximate surface area is 157 Å². The fourth-order valence-corrected chi connectivity index (χ4v) is 6.05. The third-order valence-electron chi connectivity index (χ3n) is 4.63. The summed E-state index contributed by atoms with van der Waals surface area (Å²) in [5, 5.41) is 2.74. The lowest BCUT2D eigenvalue weighted by molar-refractivity contribution is -0.427. The summed E-state index contributed by atoms with van der Waals surface area (Å²) in [6.45, 7) is 3.78. The van der Waals surface area contributed by atoms with Crippen molar-refractivity contribution in [3.63, 3.8) is 0 Å². The first kappa shape index (κ1) is 19.9. The van der Waals surface area contributed by atoms with Gasteiger partial charge in [0, 0.05) is 39.0 Å². The van der Waals surface area contributed by atoms with Crippen LogP contribution in [0.5, 0.6) is 0 Å². The summed E-state index contributed by atoms with van der Waals surface area (Å²) in [5.41, 5.74) is 0. The van der Waals surface area contributed by atoms with Gasteiger partial charge in [-0.15, -0.1) is 0 Å². The molecule has 1 aliphatic rings. The molecule has 1 saturated heterocycles. The average molecular weight is 390 g/mol. The van der Waals surface area contributed by atoms with E-state index in [-0.39, 0.29) is 6.16 Å². The van der Waals surface area contributed by atoms with Crippen LogP contribution in [0.15, 0.2) is 60.7 Å². The summed E-state index contributed by atoms with van der Waals surface area (Å²) < 4.78 is 0. The van der Waals surface area contributed by atoms with Gasteiger partial charge in [-0.3, -0.25) is 9.80 Å². The van der Waals surface area contributed by atoms with Crippen molar-refractivity contribution in [1.82, 2.24) is 9.80 Å². The Kier molecular flexibility index (Phi) is 7.13. The second-order valence-corrected chi connectivity index (χ2v) is 10.4. The molecule has 0 aromatic heterocycles. The van der Waals surface area contributed by atoms with E-state index in [2.05, 4.69) is 58.3 Å². The maximum atomic E-state index is 10.8. The molecule has 140 valence electrons. The summed E-state index contributed by atoms with van der Waals surface area (Å²) >= 11 is 0. The normalized spacial score (nSPS) is 16.9. The molecular weight excluding hydrogens is 366 g/mol. The fourth-order valence-electron chi connectivity index (χ4n) is 3.15. The van der Waals surface area contributed by atoms with Crippen LogP contribution in [0, 0.1) is 0 Å². The first-order valence-electron chi connectivity index (χ1n) is 8.85. The van der Waals surface area contributed by atoms with Gasteiger partial charge < -0.3 is 14.7 Å². The summed E-state index contributed by atoms with van der Waals surface area (Å²) in [7, 11) is -4.85. The highest BCUT2D eigenvalue weighted by Crippen LogP contribution is 2.34. The molecule has 2 aromatic carbocycles. The van der Waals surface area contributed by atoms with E-state index in [1.54, 1.807) is 0 Å². The molecule has 0 N–H and O–H groups in total. The smallest absolute Gasteiger partial charge is 0.0552 e. The minimum absolute atomic E-state index is 0.270. The zero-order chi connectivity index (χ0) is 18.4. The minimum atomic E-state index is -4.40. The van der Waals surface area contributed by atoms with Crippen molar-refractivity contribution in [3.05, 3.63) is 60.7 Å². The van der Waals surface area contributed by atoms with Crippen molar-refractivity contribution in [2.24, 2.45) is 0 Å². The molecule has 1 heterocycles. The lowest BCUT2D eigenvalue weighted by atomic mass is 10.3. The van der Waals surface area contributed by atoms with E-state index >= 15 is 0 Å². The Morgan fingerprint density at radius 2 is 1.19 bits per heavy atom. The zero-order valence-electron chi connectivity index (χ0n) is 14.7. The summed E-state index contributed by atoms with van der Waals surface area (Å²) in [5.74, 6) is 0. The van der Waals surface area contributed by atoms with E-state index < -0.39 is 15.9 Å². The zero-order valence-corrected chi connectivity index (χ0v) is 16.5. The van der Waals surface area contributed by atoms with Crippen LogP contribution in [0.2, 0.25) is 0 Å². The standard InChI is InChI=1S/C19H26N2O3P2/c22-26(23,24)16-15-20-11-13-21(14-12-20)17-25(18-7-3-1-4-8-18)19-9-5-2-6-10-19/h1-10H,11-17H2,(H2,22,23,24)/p-2. The molecule has 0 unspecified atom stereocenters. The highest BCUT2D eigenvalue weighted by Gasteiger charge is 2.22. The van der Waals surface area contributed by atoms with Crippen LogP contribution in [0.25, 0.3) is 0 Å². The Bertz CT molecular complexity index is 620. The molecule has 1 fully saturated rings. The molecule has 0 saturated carbocycles. The van der Waals surface area contributed by atoms with Gasteiger partial charge in [-0.25, -0.2) is 0 Å². The fraction of sp³-hybridized carbons (Fsp3) is 0.368. The van der Waals surface area contributed by atoms with Gasteiger partial charge in [0.25, 0.3) is 0 Å². The lowest BCUT2D eigenvalue weighted by Gasteiger charge is -2.44. The molecule has 0 aliphatic carbocycles. The molecule has 3 rings (SSSR count). The van der Waals surface area contributed by atoms with Gasteiger partial charge in [0.1, 0.15) is 0 Å². The lowest BCUT2D eigenvalue weighted by Crippen LogP contribution is -2.49. The average Bonchev–Trinajstić information content (AvgIpc) is 2.66. The quantitative estimate of drug-likeness (QED) is 0.598. The highest BCUT2D eigenvalue weighted by atomic mass is 31.2. The summed E-state index contributed by atoms with van der Waals surface area (Å²) in [4.78, 5) is 37.0. The number of benzene rings is 2. The van der Waals surface area contributed by atoms with Crippen LogP contribution >= 0.6 is 15.9 Å². The Hall–Kier alpha value is -0.900. The summed E-state index contributed by atoms with van der Waals surface area (Å²) in [6, 6.07) is 21.3. The molecule has 1 aliphatic heterocycles. The van der Waals surface area contributed by atoms with Crippen LogP contribution in [0.3, 0.4) is 0 Å². The van der Waals surface area contributed by atoms with Gasteiger partial charge in [0.05, 0.1) is 6.16 Å². The van der Waals surface area contributed by atoms with Crippen LogP contribution in [0.4, 0.5) is 0 Å². The van der Waals surface area contributed by atoms with Crippen LogP contribution in [-0.4, -0.2) is 55.0 Å². The Balaban J connectivity index is 1.61. The van der Waals surface area contributed by atoms with Crippen LogP contribution in [-0.2, 0) is 0 Å². The second kappa shape index (κ2) is 9.34. The highest BCUT2D eigenvalue weighted by molar-refractivity contribution is 7.72. The maximum Gasteiger partial charge on any atom is 0.0552 e. The Morgan fingerprint density at radius 3 is 1.65 bits per heavy atom. The van der Waals surface area contributed by atoms with Gasteiger partial charge >= 0.3 is 0 Å². The largest absolute Gasteiger partial charge is 0.688 e. The van der Waals surface area contributed by atoms with E-state index in [0.29, 0.717) is 6.54 Å². The number of hydrogen-bond donors (Lipinski definition) is 0. The van der Waals surface area contributed by atoms with Gasteiger partial charge in [-0.1, -0.05) is 60.7 Å². The first-order chi connectivity index (χ1) is 12.5. The molecule has 0 bridgehead atoms. The third kappa shape index (κ3) is 6.07. The van der Waals surface area contributed by atoms with Crippen molar-refractivity contribution in [2.45, 2.75) is 0 Å². The van der Waals surface area contributed by atoms with Crippen LogP contribution < -0.4 is 25.3 Å². The molecule has 5 nitrogen and oxygen atoms in total. The first-order valence-corrected chi connectivity index (χ1v) is 12.1. The predicted octanol–water partition coefficient (Wildman–Crippen LogP) is -0.462. The van der Waals surface area contributed by atoms with Gasteiger partial charge in [0.15, 0.2) is 0 Å². The minimum Gasteiger partial charge on any atom is -0.688 e. The monoisotopic (exact) mass is 390 g/mol. The maximum absolute atomic E-state index is 10.8. The van der Waals surface area contributed by atoms with Gasteiger partial charge in [-0.05, 0) is 18.5 Å². The number of rotatable bonds is 7. The van der Waals surface area contributed by atoms with E-state index in [1.165, 1.54) is 10.6 Å². The number of piperazine rings is 1. The van der Waals surface area contributed by atoms with Crippen molar-refractivity contribution >= 4 is 26.5 Å². The van der Waals surface area contributed by atoms with Crippen molar-refractivity contribution in [3.8, 4) is 0 Å². The third-order valence-corrected chi connectivity index (χ3v) is 7.91. The number of hydrogen-bond acceptors (Lipinski definition) is 5. The molecule has 0 radical (unpaired) electrons. The van der Waals surface area contributed by atoms with E-state index in [0.717, 1.165) is 32.5 Å². The van der Waals surface area contributed by atoms with Crippen molar-refractivity contribution in [1.29, 1.82) is 0 Å². The van der Waals surface area contributed by atoms with Gasteiger partial charge in [-0.2, -0.15) is 7.94 Å². The molecule has 26 heavy (non-hydrogen) atoms. The van der Waals surface area contributed by atoms with Crippen molar-refractivity contribution in [2.75, 3.05) is 45.2 Å². The van der Waals surface area contributed by atoms with E-state index in [9.17, 15) is 14.7 Å². The molecule has 7 heteroatoms. The van der Waals surface area contributed by atoms with Crippen LogP contribution in [0.1, 0.15) is 0 Å². The number of nitrogens with zero attached hydrogens (tertiary/aromatic N) is 2. The predicted molar refractivity (Wildman–Crippen MR) is 104 cm³/mol. The Morgan fingerprint density at radius 1 is 0.731 bits per heavy atom. The van der Waals surface area contributed by atoms with Gasteiger partial charge in [0.2, 0.25) is 0 Å². The molecule has 0 amide bonds. The molecule has 0 atom stereocenters. The van der Waals surface area contributed by atoms with E-state index in [4.69, 9.17) is 0 Å². The second-order valence-electron chi connectivity index (χ2n) is 6.53. The van der Waals surface area contributed by atoms with Crippen molar-refractivity contribution < 1.29 is 14.7 Å². The topological polar surface area (TPSA) is 75.7 Å². The SMILES string of the molecule is [O-][P+]([O-])([O-])CCN1CCN(CP(c2ccccc2)c2ccccc2)CC1. The molecule has 0 spiro atoms. The summed E-state index contributed by atoms with van der Waals surface area (Å²) in [6.07, 6.45) is 0.729. The van der Waals surface area contributed by atoms with E-state index in [1.807, 2.05) is 12.1 Å². The molecular formula is C19H24N2O3P2-2.